The molecule has 0 aliphatic carbocycles. The van der Waals surface area contributed by atoms with Gasteiger partial charge in [0.15, 0.2) is 0 Å². The molecule has 2 N–H and O–H groups in total. The lowest BCUT2D eigenvalue weighted by atomic mass is 10.2. The lowest BCUT2D eigenvalue weighted by Crippen LogP contribution is -2.03. The highest BCUT2D eigenvalue weighted by Crippen LogP contribution is 2.26. The molecule has 1 aromatic carbocycles. The number of anilines is 2. The van der Waals surface area contributed by atoms with Crippen molar-refractivity contribution in [3.05, 3.63) is 51.4 Å². The van der Waals surface area contributed by atoms with Gasteiger partial charge in [-0.05, 0) is 59.6 Å². The minimum Gasteiger partial charge on any atom is -0.478 e. The van der Waals surface area contributed by atoms with Crippen LogP contribution in [0.25, 0.3) is 0 Å². The Kier molecular flexibility index (Phi) is 4.04. The Labute approximate surface area is 123 Å². The van der Waals surface area contributed by atoms with Crippen LogP contribution >= 0.6 is 15.9 Å². The summed E-state index contributed by atoms with van der Waals surface area (Å²) in [6.45, 7) is 3.47. The maximum absolute atomic E-state index is 13.4. The van der Waals surface area contributed by atoms with Crippen LogP contribution in [-0.2, 0) is 0 Å². The molecule has 20 heavy (non-hydrogen) atoms. The molecule has 0 saturated carbocycles. The predicted molar refractivity (Wildman–Crippen MR) is 78.1 cm³/mol. The number of rotatable bonds is 3. The first-order valence-electron chi connectivity index (χ1n) is 5.81. The molecule has 1 aromatic heterocycles. The maximum atomic E-state index is 13.4. The molecule has 0 spiro atoms. The van der Waals surface area contributed by atoms with E-state index in [2.05, 4.69) is 26.2 Å². The number of carboxylic acids is 1. The lowest BCUT2D eigenvalue weighted by Gasteiger charge is -2.11. The number of hydrogen-bond acceptors (Lipinski definition) is 3. The molecule has 0 aliphatic rings. The fraction of sp³-hybridized carbons (Fsp3) is 0.143. The van der Waals surface area contributed by atoms with Gasteiger partial charge in [0.25, 0.3) is 0 Å². The summed E-state index contributed by atoms with van der Waals surface area (Å²) in [5.41, 5.74) is 2.10. The smallest absolute Gasteiger partial charge is 0.335 e. The number of carbonyl (C=O) groups is 1. The molecule has 0 amide bonds. The summed E-state index contributed by atoms with van der Waals surface area (Å²) in [4.78, 5) is 15.2. The average molecular weight is 339 g/mol. The van der Waals surface area contributed by atoms with E-state index in [0.29, 0.717) is 27.2 Å². The molecule has 0 radical (unpaired) electrons. The third-order valence-corrected chi connectivity index (χ3v) is 3.34. The van der Waals surface area contributed by atoms with Gasteiger partial charge in [-0.25, -0.2) is 14.2 Å². The normalized spacial score (nSPS) is 10.4. The monoisotopic (exact) mass is 338 g/mol. The Hall–Kier alpha value is -1.95. The fourth-order valence-corrected chi connectivity index (χ4v) is 2.12. The summed E-state index contributed by atoms with van der Waals surface area (Å²) < 4.78 is 13.7. The van der Waals surface area contributed by atoms with Crippen LogP contribution in [0.4, 0.5) is 15.9 Å². The highest BCUT2D eigenvalue weighted by Gasteiger charge is 2.09. The van der Waals surface area contributed by atoms with Crippen molar-refractivity contribution < 1.29 is 14.3 Å². The van der Waals surface area contributed by atoms with Gasteiger partial charge in [-0.15, -0.1) is 0 Å². The first-order chi connectivity index (χ1) is 9.36. The second-order valence-corrected chi connectivity index (χ2v) is 5.25. The topological polar surface area (TPSA) is 62.2 Å². The molecule has 0 aliphatic heterocycles. The summed E-state index contributed by atoms with van der Waals surface area (Å²) in [6, 6.07) is 5.91. The van der Waals surface area contributed by atoms with E-state index in [0.717, 1.165) is 0 Å². The van der Waals surface area contributed by atoms with Crippen LogP contribution in [0.2, 0.25) is 0 Å². The Bertz CT molecular complexity index is 689. The number of hydrogen-bond donors (Lipinski definition) is 2. The van der Waals surface area contributed by atoms with Gasteiger partial charge in [0, 0.05) is 11.4 Å². The van der Waals surface area contributed by atoms with Gasteiger partial charge in [0.1, 0.15) is 11.6 Å². The average Bonchev–Trinajstić information content (AvgIpc) is 2.35. The highest BCUT2D eigenvalue weighted by molar-refractivity contribution is 9.10. The summed E-state index contributed by atoms with van der Waals surface area (Å²) in [6.07, 6.45) is 0. The Morgan fingerprint density at radius 2 is 2.00 bits per heavy atom. The molecule has 0 unspecified atom stereocenters. The summed E-state index contributed by atoms with van der Waals surface area (Å²) in [5, 5.41) is 12.0. The van der Waals surface area contributed by atoms with Crippen molar-refractivity contribution in [2.24, 2.45) is 0 Å². The second-order valence-electron chi connectivity index (χ2n) is 4.39. The van der Waals surface area contributed by atoms with Crippen LogP contribution in [0.5, 0.6) is 0 Å². The third-order valence-electron chi connectivity index (χ3n) is 2.73. The predicted octanol–water partition coefficient (Wildman–Crippen LogP) is 4.04. The molecular weight excluding hydrogens is 327 g/mol. The van der Waals surface area contributed by atoms with E-state index in [1.54, 1.807) is 19.9 Å². The molecule has 0 saturated heterocycles. The molecule has 0 bridgehead atoms. The van der Waals surface area contributed by atoms with Gasteiger partial charge in [0.05, 0.1) is 10.0 Å². The van der Waals surface area contributed by atoms with E-state index in [-0.39, 0.29) is 11.4 Å². The van der Waals surface area contributed by atoms with Crippen molar-refractivity contribution in [1.82, 2.24) is 4.98 Å². The van der Waals surface area contributed by atoms with Crippen molar-refractivity contribution >= 4 is 33.4 Å². The number of aromatic carboxylic acids is 1. The van der Waals surface area contributed by atoms with Gasteiger partial charge >= 0.3 is 5.97 Å². The SMILES string of the molecule is Cc1cc(C(=O)O)cc(Nc2cc(Br)c(F)cc2C)n1. The van der Waals surface area contributed by atoms with Crippen molar-refractivity contribution in [2.75, 3.05) is 5.32 Å². The maximum Gasteiger partial charge on any atom is 0.335 e. The van der Waals surface area contributed by atoms with E-state index in [4.69, 9.17) is 5.11 Å². The molecule has 2 rings (SSSR count). The third kappa shape index (κ3) is 3.14. The van der Waals surface area contributed by atoms with Crippen LogP contribution in [0.3, 0.4) is 0 Å². The fourth-order valence-electron chi connectivity index (χ4n) is 1.77. The minimum atomic E-state index is -1.02. The Balaban J connectivity index is 2.40. The number of benzene rings is 1. The van der Waals surface area contributed by atoms with Crippen LogP contribution in [-0.4, -0.2) is 16.1 Å². The number of nitrogens with one attached hydrogen (secondary N) is 1. The zero-order valence-electron chi connectivity index (χ0n) is 10.9. The first kappa shape index (κ1) is 14.5. The van der Waals surface area contributed by atoms with Crippen molar-refractivity contribution in [1.29, 1.82) is 0 Å². The number of aryl methyl sites for hydroxylation is 2. The van der Waals surface area contributed by atoms with Crippen LogP contribution < -0.4 is 5.32 Å². The number of nitrogens with zero attached hydrogens (tertiary/aromatic N) is 1. The van der Waals surface area contributed by atoms with Crippen molar-refractivity contribution in [3.63, 3.8) is 0 Å². The van der Waals surface area contributed by atoms with E-state index < -0.39 is 5.97 Å². The number of pyridine rings is 1. The van der Waals surface area contributed by atoms with Crippen molar-refractivity contribution in [2.45, 2.75) is 13.8 Å². The number of aromatic nitrogens is 1. The summed E-state index contributed by atoms with van der Waals surface area (Å²) >= 11 is 3.12. The standard InChI is InChI=1S/C14H12BrFN2O2/c1-7-3-11(16)10(15)6-12(7)18-13-5-9(14(19)20)4-8(2)17-13/h3-6H,1-2H3,(H,17,18)(H,19,20). The molecule has 104 valence electrons. The molecule has 4 nitrogen and oxygen atoms in total. The van der Waals surface area contributed by atoms with Crippen molar-refractivity contribution in [3.8, 4) is 0 Å². The van der Waals surface area contributed by atoms with Gasteiger partial charge in [0.2, 0.25) is 0 Å². The second kappa shape index (κ2) is 5.58. The van der Waals surface area contributed by atoms with Gasteiger partial charge < -0.3 is 10.4 Å². The van der Waals surface area contributed by atoms with Crippen LogP contribution in [0.15, 0.2) is 28.7 Å². The van der Waals surface area contributed by atoms with Gasteiger partial charge in [-0.2, -0.15) is 0 Å². The zero-order chi connectivity index (χ0) is 14.9. The van der Waals surface area contributed by atoms with Gasteiger partial charge in [-0.1, -0.05) is 0 Å². The van der Waals surface area contributed by atoms with E-state index in [9.17, 15) is 9.18 Å². The van der Waals surface area contributed by atoms with E-state index >= 15 is 0 Å². The lowest BCUT2D eigenvalue weighted by molar-refractivity contribution is 0.0696. The van der Waals surface area contributed by atoms with Crippen LogP contribution in [0.1, 0.15) is 21.6 Å². The molecule has 6 heteroatoms. The molecule has 1 heterocycles. The minimum absolute atomic E-state index is 0.152. The molecule has 2 aromatic rings. The molecular formula is C14H12BrFN2O2. The van der Waals surface area contributed by atoms with E-state index in [1.807, 2.05) is 0 Å². The number of halogens is 2. The van der Waals surface area contributed by atoms with Gasteiger partial charge in [-0.3, -0.25) is 0 Å². The summed E-state index contributed by atoms with van der Waals surface area (Å²) in [7, 11) is 0. The molecule has 0 fully saturated rings. The van der Waals surface area contributed by atoms with E-state index in [1.165, 1.54) is 18.2 Å². The highest BCUT2D eigenvalue weighted by atomic mass is 79.9. The molecule has 0 atom stereocenters. The zero-order valence-corrected chi connectivity index (χ0v) is 12.5. The van der Waals surface area contributed by atoms with Crippen LogP contribution in [0, 0.1) is 19.7 Å². The first-order valence-corrected chi connectivity index (χ1v) is 6.61. The summed E-state index contributed by atoms with van der Waals surface area (Å²) in [5.74, 6) is -0.962. The number of carboxylic acid groups (broad SMARTS) is 1. The Morgan fingerprint density at radius 1 is 1.30 bits per heavy atom. The quantitative estimate of drug-likeness (QED) is 0.886. The largest absolute Gasteiger partial charge is 0.478 e. The Morgan fingerprint density at radius 3 is 2.65 bits per heavy atom.